The first-order chi connectivity index (χ1) is 13.0. The molecule has 1 aromatic heterocycles. The van der Waals surface area contributed by atoms with E-state index < -0.39 is 0 Å². The van der Waals surface area contributed by atoms with Crippen LogP contribution in [0, 0.1) is 12.8 Å². The van der Waals surface area contributed by atoms with E-state index >= 15 is 0 Å². The largest absolute Gasteiger partial charge is 0.493 e. The fourth-order valence-corrected chi connectivity index (χ4v) is 2.70. The van der Waals surface area contributed by atoms with Gasteiger partial charge in [-0.1, -0.05) is 6.92 Å². The quantitative estimate of drug-likeness (QED) is 0.684. The van der Waals surface area contributed by atoms with E-state index in [1.807, 2.05) is 13.1 Å². The van der Waals surface area contributed by atoms with Crippen molar-refractivity contribution in [1.82, 2.24) is 14.9 Å². The van der Waals surface area contributed by atoms with Crippen LogP contribution in [0.15, 0.2) is 30.6 Å². The van der Waals surface area contributed by atoms with Gasteiger partial charge in [-0.05, 0) is 36.6 Å². The highest BCUT2D eigenvalue weighted by atomic mass is 16.5. The maximum Gasteiger partial charge on any atom is 0.244 e. The lowest BCUT2D eigenvalue weighted by molar-refractivity contribution is -0.116. The number of imidazole rings is 1. The number of carbonyl (C=O) groups excluding carboxylic acids is 1. The van der Waals surface area contributed by atoms with Crippen LogP contribution >= 0.6 is 0 Å². The molecule has 0 aliphatic heterocycles. The molecule has 0 aliphatic carbocycles. The molecule has 0 radical (unpaired) electrons. The Morgan fingerprint density at radius 1 is 1.22 bits per heavy atom. The van der Waals surface area contributed by atoms with Crippen molar-refractivity contribution in [1.29, 1.82) is 0 Å². The molecule has 2 aromatic rings. The molecular weight excluding hydrogens is 346 g/mol. The van der Waals surface area contributed by atoms with Gasteiger partial charge in [0.1, 0.15) is 5.82 Å². The van der Waals surface area contributed by atoms with Crippen molar-refractivity contribution >= 4 is 12.0 Å². The number of ether oxygens (including phenoxy) is 3. The molecule has 0 spiro atoms. The zero-order chi connectivity index (χ0) is 19.8. The predicted octanol–water partition coefficient (Wildman–Crippen LogP) is 2.68. The summed E-state index contributed by atoms with van der Waals surface area (Å²) < 4.78 is 18.0. The standard InChI is InChI=1S/C20H27N3O4/c1-14(13-23-9-8-21-15(23)2)12-22-19(24)7-6-16-10-17(25-3)20(27-5)18(11-16)26-4/h6-11,14H,12-13H2,1-5H3,(H,22,24). The fraction of sp³-hybridized carbons (Fsp3) is 0.400. The van der Waals surface area contributed by atoms with Crippen molar-refractivity contribution in [2.24, 2.45) is 5.92 Å². The number of benzene rings is 1. The first-order valence-electron chi connectivity index (χ1n) is 8.72. The van der Waals surface area contributed by atoms with Crippen molar-refractivity contribution in [3.63, 3.8) is 0 Å². The number of aromatic nitrogens is 2. The molecule has 1 atom stereocenters. The van der Waals surface area contributed by atoms with Gasteiger partial charge in [0.2, 0.25) is 11.7 Å². The predicted molar refractivity (Wildman–Crippen MR) is 104 cm³/mol. The molecule has 27 heavy (non-hydrogen) atoms. The molecule has 0 aliphatic rings. The Balaban J connectivity index is 1.95. The number of aryl methyl sites for hydroxylation is 1. The Morgan fingerprint density at radius 2 is 1.89 bits per heavy atom. The van der Waals surface area contributed by atoms with Crippen LogP contribution in [0.25, 0.3) is 6.08 Å². The highest BCUT2D eigenvalue weighted by molar-refractivity contribution is 5.91. The minimum Gasteiger partial charge on any atom is -0.493 e. The molecule has 0 saturated heterocycles. The van der Waals surface area contributed by atoms with Crippen LogP contribution in [-0.2, 0) is 11.3 Å². The molecule has 1 heterocycles. The first-order valence-corrected chi connectivity index (χ1v) is 8.72. The van der Waals surface area contributed by atoms with Gasteiger partial charge in [-0.25, -0.2) is 4.98 Å². The van der Waals surface area contributed by atoms with Crippen LogP contribution in [0.3, 0.4) is 0 Å². The highest BCUT2D eigenvalue weighted by Crippen LogP contribution is 2.38. The highest BCUT2D eigenvalue weighted by Gasteiger charge is 2.12. The van der Waals surface area contributed by atoms with Crippen molar-refractivity contribution in [2.75, 3.05) is 27.9 Å². The van der Waals surface area contributed by atoms with E-state index in [0.29, 0.717) is 23.8 Å². The number of amides is 1. The van der Waals surface area contributed by atoms with E-state index in [9.17, 15) is 4.79 Å². The molecule has 2 rings (SSSR count). The molecule has 0 bridgehead atoms. The van der Waals surface area contributed by atoms with E-state index in [1.54, 1.807) is 45.7 Å². The average molecular weight is 373 g/mol. The van der Waals surface area contributed by atoms with E-state index in [4.69, 9.17) is 14.2 Å². The summed E-state index contributed by atoms with van der Waals surface area (Å²) in [5, 5.41) is 2.92. The normalized spacial score (nSPS) is 12.0. The van der Waals surface area contributed by atoms with Crippen molar-refractivity contribution in [2.45, 2.75) is 20.4 Å². The topological polar surface area (TPSA) is 74.6 Å². The van der Waals surface area contributed by atoms with Gasteiger partial charge in [-0.2, -0.15) is 0 Å². The van der Waals surface area contributed by atoms with Gasteiger partial charge in [0.05, 0.1) is 21.3 Å². The van der Waals surface area contributed by atoms with Gasteiger partial charge in [0.15, 0.2) is 11.5 Å². The lowest BCUT2D eigenvalue weighted by atomic mass is 10.1. The minimum atomic E-state index is -0.155. The van der Waals surface area contributed by atoms with Gasteiger partial charge in [0.25, 0.3) is 0 Å². The Kier molecular flexibility index (Phi) is 7.28. The molecule has 1 N–H and O–H groups in total. The number of hydrogen-bond donors (Lipinski definition) is 1. The molecule has 0 fully saturated rings. The zero-order valence-corrected chi connectivity index (χ0v) is 16.5. The molecule has 146 valence electrons. The Bertz CT molecular complexity index is 773. The zero-order valence-electron chi connectivity index (χ0n) is 16.5. The molecule has 1 amide bonds. The van der Waals surface area contributed by atoms with Crippen LogP contribution in [-0.4, -0.2) is 43.3 Å². The Morgan fingerprint density at radius 3 is 2.41 bits per heavy atom. The summed E-state index contributed by atoms with van der Waals surface area (Å²) in [7, 11) is 4.66. The number of carbonyl (C=O) groups is 1. The van der Waals surface area contributed by atoms with Crippen molar-refractivity contribution in [3.05, 3.63) is 42.0 Å². The third kappa shape index (κ3) is 5.51. The number of nitrogens with one attached hydrogen (secondary N) is 1. The molecule has 1 unspecified atom stereocenters. The monoisotopic (exact) mass is 373 g/mol. The number of rotatable bonds is 9. The summed E-state index contributed by atoms with van der Waals surface area (Å²) in [4.78, 5) is 16.3. The second-order valence-corrected chi connectivity index (χ2v) is 6.27. The number of hydrogen-bond acceptors (Lipinski definition) is 5. The van der Waals surface area contributed by atoms with Gasteiger partial charge in [-0.15, -0.1) is 0 Å². The van der Waals surface area contributed by atoms with Crippen molar-refractivity contribution in [3.8, 4) is 17.2 Å². The maximum atomic E-state index is 12.1. The van der Waals surface area contributed by atoms with E-state index in [0.717, 1.165) is 17.9 Å². The molecule has 0 saturated carbocycles. The van der Waals surface area contributed by atoms with E-state index in [1.165, 1.54) is 6.08 Å². The van der Waals surface area contributed by atoms with E-state index in [2.05, 4.69) is 21.8 Å². The second kappa shape index (κ2) is 9.66. The molecule has 7 heteroatoms. The third-order valence-corrected chi connectivity index (χ3v) is 4.17. The van der Waals surface area contributed by atoms with Gasteiger partial charge in [-0.3, -0.25) is 4.79 Å². The molecule has 1 aromatic carbocycles. The lowest BCUT2D eigenvalue weighted by Gasteiger charge is -2.14. The first kappa shape index (κ1) is 20.4. The van der Waals surface area contributed by atoms with Crippen LogP contribution in [0.5, 0.6) is 17.2 Å². The van der Waals surface area contributed by atoms with Crippen molar-refractivity contribution < 1.29 is 19.0 Å². The lowest BCUT2D eigenvalue weighted by Crippen LogP contribution is -2.28. The SMILES string of the molecule is COc1cc(C=CC(=O)NCC(C)Cn2ccnc2C)cc(OC)c1OC. The van der Waals surface area contributed by atoms with Crippen LogP contribution < -0.4 is 19.5 Å². The van der Waals surface area contributed by atoms with Crippen LogP contribution in [0.4, 0.5) is 0 Å². The average Bonchev–Trinajstić information content (AvgIpc) is 3.08. The van der Waals surface area contributed by atoms with E-state index in [-0.39, 0.29) is 11.8 Å². The summed E-state index contributed by atoms with van der Waals surface area (Å²) in [5.41, 5.74) is 0.779. The van der Waals surface area contributed by atoms with Crippen LogP contribution in [0.2, 0.25) is 0 Å². The summed E-state index contributed by atoms with van der Waals surface area (Å²) in [6.07, 6.45) is 6.93. The smallest absolute Gasteiger partial charge is 0.244 e. The summed E-state index contributed by atoms with van der Waals surface area (Å²) in [6.45, 7) is 5.44. The second-order valence-electron chi connectivity index (χ2n) is 6.27. The minimum absolute atomic E-state index is 0.155. The fourth-order valence-electron chi connectivity index (χ4n) is 2.70. The number of methoxy groups -OCH3 is 3. The third-order valence-electron chi connectivity index (χ3n) is 4.17. The van der Waals surface area contributed by atoms with Crippen LogP contribution in [0.1, 0.15) is 18.3 Å². The summed E-state index contributed by atoms with van der Waals surface area (Å²) in [6, 6.07) is 3.57. The summed E-state index contributed by atoms with van der Waals surface area (Å²) >= 11 is 0. The van der Waals surface area contributed by atoms with Gasteiger partial charge >= 0.3 is 0 Å². The Labute approximate surface area is 160 Å². The van der Waals surface area contributed by atoms with Gasteiger partial charge in [0, 0.05) is 31.6 Å². The van der Waals surface area contributed by atoms with Gasteiger partial charge < -0.3 is 24.1 Å². The Hall–Kier alpha value is -2.96. The summed E-state index contributed by atoms with van der Waals surface area (Å²) in [5.74, 6) is 2.71. The molecular formula is C20H27N3O4. The number of nitrogens with zero attached hydrogens (tertiary/aromatic N) is 2. The maximum absolute atomic E-state index is 12.1. The molecule has 7 nitrogen and oxygen atoms in total.